The standard InChI is InChI=1S/C11H14N2/c1-9-6-10(4-2-3-5-12)8-11(13)7-9/h6-8H,3,5,12-13H2,1H3. The van der Waals surface area contributed by atoms with Gasteiger partial charge in [-0.1, -0.05) is 11.8 Å². The monoisotopic (exact) mass is 174 g/mol. The molecule has 2 heteroatoms. The van der Waals surface area contributed by atoms with Crippen molar-refractivity contribution in [3.63, 3.8) is 0 Å². The van der Waals surface area contributed by atoms with E-state index in [9.17, 15) is 0 Å². The van der Waals surface area contributed by atoms with Crippen molar-refractivity contribution in [1.82, 2.24) is 0 Å². The van der Waals surface area contributed by atoms with Gasteiger partial charge in [0.05, 0.1) is 0 Å². The minimum absolute atomic E-state index is 0.605. The van der Waals surface area contributed by atoms with E-state index in [1.807, 2.05) is 25.1 Å². The predicted molar refractivity (Wildman–Crippen MR) is 56.1 cm³/mol. The Labute approximate surface area is 78.9 Å². The molecule has 1 aromatic carbocycles. The molecule has 0 atom stereocenters. The number of anilines is 1. The third kappa shape index (κ3) is 3.18. The van der Waals surface area contributed by atoms with Gasteiger partial charge in [0.15, 0.2) is 0 Å². The van der Waals surface area contributed by atoms with Crippen molar-refractivity contribution >= 4 is 5.69 Å². The number of hydrogen-bond donors (Lipinski definition) is 2. The van der Waals surface area contributed by atoms with Gasteiger partial charge in [-0.25, -0.2) is 0 Å². The second-order valence-electron chi connectivity index (χ2n) is 2.97. The first kappa shape index (κ1) is 9.63. The molecular weight excluding hydrogens is 160 g/mol. The summed E-state index contributed by atoms with van der Waals surface area (Å²) in [6.07, 6.45) is 0.730. The third-order valence-corrected chi connectivity index (χ3v) is 1.60. The van der Waals surface area contributed by atoms with E-state index in [1.165, 1.54) is 0 Å². The zero-order valence-corrected chi connectivity index (χ0v) is 7.80. The summed E-state index contributed by atoms with van der Waals surface area (Å²) >= 11 is 0. The Morgan fingerprint density at radius 2 is 2.08 bits per heavy atom. The van der Waals surface area contributed by atoms with Gasteiger partial charge in [-0.3, -0.25) is 0 Å². The summed E-state index contributed by atoms with van der Waals surface area (Å²) in [5.74, 6) is 5.99. The van der Waals surface area contributed by atoms with Crippen LogP contribution in [0.3, 0.4) is 0 Å². The highest BCUT2D eigenvalue weighted by molar-refractivity contribution is 5.49. The fourth-order valence-electron chi connectivity index (χ4n) is 1.12. The third-order valence-electron chi connectivity index (χ3n) is 1.60. The van der Waals surface area contributed by atoms with Crippen LogP contribution in [0.15, 0.2) is 18.2 Å². The second-order valence-corrected chi connectivity index (χ2v) is 2.97. The zero-order valence-electron chi connectivity index (χ0n) is 7.80. The molecule has 1 aromatic rings. The number of nitrogen functional groups attached to an aromatic ring is 1. The molecule has 2 nitrogen and oxygen atoms in total. The van der Waals surface area contributed by atoms with Gasteiger partial charge in [-0.15, -0.1) is 0 Å². The molecule has 0 saturated heterocycles. The van der Waals surface area contributed by atoms with Gasteiger partial charge in [0, 0.05) is 24.2 Å². The summed E-state index contributed by atoms with van der Waals surface area (Å²) in [6.45, 7) is 2.61. The SMILES string of the molecule is Cc1cc(N)cc(C#CCCN)c1. The van der Waals surface area contributed by atoms with Crippen LogP contribution < -0.4 is 11.5 Å². The van der Waals surface area contributed by atoms with Gasteiger partial charge < -0.3 is 11.5 Å². The molecule has 0 fully saturated rings. The molecule has 0 unspecified atom stereocenters. The summed E-state index contributed by atoms with van der Waals surface area (Å²) in [7, 11) is 0. The molecule has 1 rings (SSSR count). The van der Waals surface area contributed by atoms with Crippen LogP contribution in [0.2, 0.25) is 0 Å². The molecule has 0 aliphatic carbocycles. The Hall–Kier alpha value is -1.46. The molecule has 68 valence electrons. The average molecular weight is 174 g/mol. The summed E-state index contributed by atoms with van der Waals surface area (Å²) < 4.78 is 0. The zero-order chi connectivity index (χ0) is 9.68. The first-order chi connectivity index (χ1) is 6.22. The van der Waals surface area contributed by atoms with Crippen LogP contribution in [0, 0.1) is 18.8 Å². The van der Waals surface area contributed by atoms with Crippen LogP contribution in [-0.4, -0.2) is 6.54 Å². The van der Waals surface area contributed by atoms with Crippen molar-refractivity contribution in [3.8, 4) is 11.8 Å². The molecule has 0 saturated carbocycles. The summed E-state index contributed by atoms with van der Waals surface area (Å²) in [4.78, 5) is 0. The average Bonchev–Trinajstić information content (AvgIpc) is 2.03. The van der Waals surface area contributed by atoms with Crippen LogP contribution in [-0.2, 0) is 0 Å². The molecule has 4 N–H and O–H groups in total. The first-order valence-corrected chi connectivity index (χ1v) is 4.28. The normalized spacial score (nSPS) is 9.08. The van der Waals surface area contributed by atoms with Crippen LogP contribution >= 0.6 is 0 Å². The molecule has 0 aromatic heterocycles. The number of benzene rings is 1. The maximum atomic E-state index is 5.67. The Balaban J connectivity index is 2.85. The van der Waals surface area contributed by atoms with Crippen molar-refractivity contribution < 1.29 is 0 Å². The van der Waals surface area contributed by atoms with E-state index in [2.05, 4.69) is 11.8 Å². The van der Waals surface area contributed by atoms with E-state index in [4.69, 9.17) is 11.5 Å². The summed E-state index contributed by atoms with van der Waals surface area (Å²) in [6, 6.07) is 5.81. The largest absolute Gasteiger partial charge is 0.399 e. The van der Waals surface area contributed by atoms with Gasteiger partial charge in [0.1, 0.15) is 0 Å². The van der Waals surface area contributed by atoms with Gasteiger partial charge in [-0.05, 0) is 30.7 Å². The highest BCUT2D eigenvalue weighted by atomic mass is 14.5. The summed E-state index contributed by atoms with van der Waals surface area (Å²) in [5.41, 5.74) is 13.9. The lowest BCUT2D eigenvalue weighted by Crippen LogP contribution is -1.95. The fourth-order valence-corrected chi connectivity index (χ4v) is 1.12. The second kappa shape index (κ2) is 4.54. The molecule has 0 radical (unpaired) electrons. The Morgan fingerprint density at radius 3 is 2.69 bits per heavy atom. The van der Waals surface area contributed by atoms with Gasteiger partial charge in [0.25, 0.3) is 0 Å². The lowest BCUT2D eigenvalue weighted by molar-refractivity contribution is 1.03. The Bertz CT molecular complexity index is 325. The highest BCUT2D eigenvalue weighted by Gasteiger charge is 1.91. The smallest absolute Gasteiger partial charge is 0.0329 e. The topological polar surface area (TPSA) is 52.0 Å². The van der Waals surface area contributed by atoms with Crippen LogP contribution in [0.25, 0.3) is 0 Å². The molecule has 0 bridgehead atoms. The van der Waals surface area contributed by atoms with E-state index < -0.39 is 0 Å². The van der Waals surface area contributed by atoms with E-state index in [0.717, 1.165) is 23.2 Å². The van der Waals surface area contributed by atoms with E-state index >= 15 is 0 Å². The number of hydrogen-bond acceptors (Lipinski definition) is 2. The van der Waals surface area contributed by atoms with E-state index in [0.29, 0.717) is 6.54 Å². The molecular formula is C11H14N2. The van der Waals surface area contributed by atoms with Crippen molar-refractivity contribution in [1.29, 1.82) is 0 Å². The van der Waals surface area contributed by atoms with Crippen molar-refractivity contribution in [2.24, 2.45) is 5.73 Å². The van der Waals surface area contributed by atoms with Gasteiger partial charge in [0.2, 0.25) is 0 Å². The number of aryl methyl sites for hydroxylation is 1. The number of rotatable bonds is 1. The Kier molecular flexibility index (Phi) is 3.36. The minimum Gasteiger partial charge on any atom is -0.399 e. The molecule has 0 amide bonds. The van der Waals surface area contributed by atoms with Crippen LogP contribution in [0.4, 0.5) is 5.69 Å². The number of nitrogens with two attached hydrogens (primary N) is 2. The minimum atomic E-state index is 0.605. The van der Waals surface area contributed by atoms with Crippen molar-refractivity contribution in [2.45, 2.75) is 13.3 Å². The lowest BCUT2D eigenvalue weighted by Gasteiger charge is -1.97. The molecule has 0 spiro atoms. The maximum Gasteiger partial charge on any atom is 0.0329 e. The van der Waals surface area contributed by atoms with Gasteiger partial charge >= 0.3 is 0 Å². The molecule has 0 heterocycles. The first-order valence-electron chi connectivity index (χ1n) is 4.28. The predicted octanol–water partition coefficient (Wildman–Crippen LogP) is 1.28. The van der Waals surface area contributed by atoms with Crippen LogP contribution in [0.1, 0.15) is 17.5 Å². The Morgan fingerprint density at radius 1 is 1.31 bits per heavy atom. The van der Waals surface area contributed by atoms with Gasteiger partial charge in [-0.2, -0.15) is 0 Å². The van der Waals surface area contributed by atoms with E-state index in [1.54, 1.807) is 0 Å². The van der Waals surface area contributed by atoms with Crippen molar-refractivity contribution in [3.05, 3.63) is 29.3 Å². The quantitative estimate of drug-likeness (QED) is 0.497. The molecule has 0 aliphatic rings. The molecule has 0 aliphatic heterocycles. The highest BCUT2D eigenvalue weighted by Crippen LogP contribution is 2.09. The van der Waals surface area contributed by atoms with Crippen molar-refractivity contribution in [2.75, 3.05) is 12.3 Å². The lowest BCUT2D eigenvalue weighted by atomic mass is 10.1. The maximum absolute atomic E-state index is 5.67. The molecule has 13 heavy (non-hydrogen) atoms. The fraction of sp³-hybridized carbons (Fsp3) is 0.273. The van der Waals surface area contributed by atoms with Crippen LogP contribution in [0.5, 0.6) is 0 Å². The van der Waals surface area contributed by atoms with E-state index in [-0.39, 0.29) is 0 Å². The summed E-state index contributed by atoms with van der Waals surface area (Å²) in [5, 5.41) is 0.